The van der Waals surface area contributed by atoms with Crippen molar-refractivity contribution in [2.75, 3.05) is 7.11 Å². The van der Waals surface area contributed by atoms with Gasteiger partial charge in [0.15, 0.2) is 0 Å². The number of ether oxygens (including phenoxy) is 1. The van der Waals surface area contributed by atoms with Gasteiger partial charge >= 0.3 is 5.97 Å². The molecule has 0 bridgehead atoms. The smallest absolute Gasteiger partial charge is 0.341 e. The van der Waals surface area contributed by atoms with E-state index in [1.54, 1.807) is 18.2 Å². The highest BCUT2D eigenvalue weighted by atomic mass is 16.5. The van der Waals surface area contributed by atoms with Crippen molar-refractivity contribution in [2.24, 2.45) is 5.73 Å². The van der Waals surface area contributed by atoms with E-state index in [0.717, 1.165) is 11.8 Å². The predicted molar refractivity (Wildman–Crippen MR) is 57.0 cm³/mol. The molecule has 0 heterocycles. The molecule has 0 unspecified atom stereocenters. The highest BCUT2D eigenvalue weighted by Crippen LogP contribution is 2.19. The summed E-state index contributed by atoms with van der Waals surface area (Å²) in [6.07, 6.45) is 0.736. The topological polar surface area (TPSA) is 72.5 Å². The lowest BCUT2D eigenvalue weighted by molar-refractivity contribution is -0.133. The summed E-state index contributed by atoms with van der Waals surface area (Å²) < 4.78 is 4.55. The first-order valence-electron chi connectivity index (χ1n) is 4.45. The third kappa shape index (κ3) is 2.35. The lowest BCUT2D eigenvalue weighted by atomic mass is 10.0. The van der Waals surface area contributed by atoms with Gasteiger partial charge in [0, 0.05) is 6.54 Å². The van der Waals surface area contributed by atoms with Crippen molar-refractivity contribution >= 4 is 11.5 Å². The number of esters is 1. The Morgan fingerprint density at radius 3 is 2.73 bits per heavy atom. The quantitative estimate of drug-likeness (QED) is 0.444. The summed E-state index contributed by atoms with van der Waals surface area (Å²) in [7, 11) is 1.26. The predicted octanol–water partition coefficient (Wildman–Crippen LogP) is 1.22. The summed E-state index contributed by atoms with van der Waals surface area (Å²) >= 11 is 0. The van der Waals surface area contributed by atoms with Crippen LogP contribution in [0.5, 0.6) is 0 Å². The van der Waals surface area contributed by atoms with Gasteiger partial charge in [0.2, 0.25) is 0 Å². The minimum absolute atomic E-state index is 0.110. The molecule has 80 valence electrons. The van der Waals surface area contributed by atoms with E-state index in [2.05, 4.69) is 4.74 Å². The number of benzene rings is 1. The number of hydrogen-bond donors (Lipinski definition) is 2. The highest BCUT2D eigenvalue weighted by molar-refractivity contribution is 6.16. The van der Waals surface area contributed by atoms with E-state index < -0.39 is 5.97 Å². The molecule has 0 saturated carbocycles. The van der Waals surface area contributed by atoms with E-state index >= 15 is 0 Å². The summed E-state index contributed by atoms with van der Waals surface area (Å²) in [6.45, 7) is 0.296. The Hall–Kier alpha value is -1.81. The van der Waals surface area contributed by atoms with Gasteiger partial charge in [-0.3, -0.25) is 0 Å². The first-order valence-corrected chi connectivity index (χ1v) is 4.45. The molecule has 0 spiro atoms. The van der Waals surface area contributed by atoms with Crippen molar-refractivity contribution < 1.29 is 14.6 Å². The van der Waals surface area contributed by atoms with Crippen LogP contribution in [0.15, 0.2) is 30.5 Å². The van der Waals surface area contributed by atoms with Gasteiger partial charge in [0.25, 0.3) is 0 Å². The molecule has 0 aliphatic heterocycles. The van der Waals surface area contributed by atoms with Crippen LogP contribution in [0.2, 0.25) is 0 Å². The molecule has 0 saturated heterocycles. The van der Waals surface area contributed by atoms with Crippen molar-refractivity contribution in [3.63, 3.8) is 0 Å². The van der Waals surface area contributed by atoms with Crippen LogP contribution in [0.25, 0.3) is 5.57 Å². The molecule has 15 heavy (non-hydrogen) atoms. The van der Waals surface area contributed by atoms with Crippen molar-refractivity contribution in [3.8, 4) is 0 Å². The molecule has 0 aliphatic carbocycles. The second kappa shape index (κ2) is 5.17. The van der Waals surface area contributed by atoms with E-state index in [0.29, 0.717) is 12.1 Å². The van der Waals surface area contributed by atoms with E-state index in [-0.39, 0.29) is 5.57 Å². The van der Waals surface area contributed by atoms with Gasteiger partial charge < -0.3 is 15.6 Å². The zero-order chi connectivity index (χ0) is 11.3. The van der Waals surface area contributed by atoms with Crippen molar-refractivity contribution in [3.05, 3.63) is 41.7 Å². The zero-order valence-corrected chi connectivity index (χ0v) is 8.43. The number of carbonyl (C=O) groups excluding carboxylic acids is 1. The summed E-state index contributed by atoms with van der Waals surface area (Å²) in [5.74, 6) is -0.585. The maximum Gasteiger partial charge on any atom is 0.341 e. The van der Waals surface area contributed by atoms with Crippen LogP contribution in [0, 0.1) is 0 Å². The Balaban J connectivity index is 3.18. The fraction of sp³-hybridized carbons (Fsp3) is 0.182. The number of aliphatic hydroxyl groups is 1. The highest BCUT2D eigenvalue weighted by Gasteiger charge is 2.14. The molecule has 4 nitrogen and oxygen atoms in total. The maximum atomic E-state index is 11.3. The first-order chi connectivity index (χ1) is 7.24. The van der Waals surface area contributed by atoms with Gasteiger partial charge in [-0.05, 0) is 11.1 Å². The van der Waals surface area contributed by atoms with Crippen molar-refractivity contribution in [2.45, 2.75) is 6.54 Å². The molecule has 0 aromatic heterocycles. The zero-order valence-electron chi connectivity index (χ0n) is 8.43. The molecule has 1 aromatic carbocycles. The van der Waals surface area contributed by atoms with Crippen molar-refractivity contribution in [1.82, 2.24) is 0 Å². The number of aliphatic hydroxyl groups excluding tert-OH is 1. The van der Waals surface area contributed by atoms with Gasteiger partial charge in [-0.1, -0.05) is 24.3 Å². The van der Waals surface area contributed by atoms with Crippen LogP contribution in [0.1, 0.15) is 11.1 Å². The van der Waals surface area contributed by atoms with Crippen LogP contribution < -0.4 is 5.73 Å². The molecule has 0 amide bonds. The molecular weight excluding hydrogens is 194 g/mol. The number of nitrogens with two attached hydrogens (primary N) is 1. The Kier molecular flexibility index (Phi) is 3.88. The second-order valence-corrected chi connectivity index (χ2v) is 2.90. The van der Waals surface area contributed by atoms with Crippen LogP contribution in [-0.2, 0) is 16.1 Å². The molecule has 1 aromatic rings. The normalized spacial score (nSPS) is 11.2. The lowest BCUT2D eigenvalue weighted by Crippen LogP contribution is -2.08. The number of carbonyl (C=O) groups is 1. The minimum Gasteiger partial charge on any atom is -0.515 e. The lowest BCUT2D eigenvalue weighted by Gasteiger charge is -2.08. The van der Waals surface area contributed by atoms with Gasteiger partial charge in [-0.15, -0.1) is 0 Å². The molecule has 0 atom stereocenters. The molecule has 1 rings (SSSR count). The standard InChI is InChI=1S/C11H13NO3/c1-15-11(14)10(7-13)9-5-3-2-4-8(9)6-12/h2-5,7,13H,6,12H2,1H3. The Bertz CT molecular complexity index is 385. The number of methoxy groups -OCH3 is 1. The minimum atomic E-state index is -0.585. The average Bonchev–Trinajstić information content (AvgIpc) is 2.30. The molecule has 0 fully saturated rings. The monoisotopic (exact) mass is 207 g/mol. The van der Waals surface area contributed by atoms with E-state index in [1.807, 2.05) is 6.07 Å². The number of rotatable bonds is 3. The van der Waals surface area contributed by atoms with E-state index in [9.17, 15) is 4.79 Å². The Morgan fingerprint density at radius 2 is 2.20 bits per heavy atom. The fourth-order valence-corrected chi connectivity index (χ4v) is 1.30. The first kappa shape index (κ1) is 11.3. The Morgan fingerprint density at radius 1 is 1.53 bits per heavy atom. The third-order valence-corrected chi connectivity index (χ3v) is 2.06. The van der Waals surface area contributed by atoms with Gasteiger partial charge in [-0.25, -0.2) is 4.79 Å². The van der Waals surface area contributed by atoms with Crippen LogP contribution in [0.3, 0.4) is 0 Å². The SMILES string of the molecule is COC(=O)C(=CO)c1ccccc1CN. The summed E-state index contributed by atoms with van der Waals surface area (Å²) in [6, 6.07) is 7.09. The van der Waals surface area contributed by atoms with Gasteiger partial charge in [0.1, 0.15) is 5.57 Å². The molecule has 3 N–H and O–H groups in total. The summed E-state index contributed by atoms with van der Waals surface area (Å²) in [4.78, 5) is 11.3. The van der Waals surface area contributed by atoms with Gasteiger partial charge in [0.05, 0.1) is 13.4 Å². The van der Waals surface area contributed by atoms with Crippen LogP contribution >= 0.6 is 0 Å². The third-order valence-electron chi connectivity index (χ3n) is 2.06. The largest absolute Gasteiger partial charge is 0.515 e. The molecule has 0 aliphatic rings. The summed E-state index contributed by atoms with van der Waals surface area (Å²) in [5.41, 5.74) is 7.01. The van der Waals surface area contributed by atoms with Crippen LogP contribution in [-0.4, -0.2) is 18.2 Å². The summed E-state index contributed by atoms with van der Waals surface area (Å²) in [5, 5.41) is 9.00. The number of hydrogen-bond acceptors (Lipinski definition) is 4. The maximum absolute atomic E-state index is 11.3. The van der Waals surface area contributed by atoms with Crippen LogP contribution in [0.4, 0.5) is 0 Å². The average molecular weight is 207 g/mol. The van der Waals surface area contributed by atoms with E-state index in [4.69, 9.17) is 10.8 Å². The molecular formula is C11H13NO3. The van der Waals surface area contributed by atoms with E-state index in [1.165, 1.54) is 7.11 Å². The second-order valence-electron chi connectivity index (χ2n) is 2.90. The molecule has 4 heteroatoms. The Labute approximate surface area is 88.0 Å². The van der Waals surface area contributed by atoms with Crippen molar-refractivity contribution in [1.29, 1.82) is 0 Å². The van der Waals surface area contributed by atoms with Gasteiger partial charge in [-0.2, -0.15) is 0 Å². The molecule has 0 radical (unpaired) electrons. The fourth-order valence-electron chi connectivity index (χ4n) is 1.30.